The first-order chi connectivity index (χ1) is 13.3. The predicted molar refractivity (Wildman–Crippen MR) is 101 cm³/mol. The Morgan fingerprint density at radius 3 is 2.54 bits per heavy atom. The van der Waals surface area contributed by atoms with Crippen molar-refractivity contribution >= 4 is 17.7 Å². The molecule has 0 saturated heterocycles. The summed E-state index contributed by atoms with van der Waals surface area (Å²) in [4.78, 5) is 38.1. The lowest BCUT2D eigenvalue weighted by Gasteiger charge is -2.57. The Hall–Kier alpha value is -2.37. The summed E-state index contributed by atoms with van der Waals surface area (Å²) in [6.07, 6.45) is 7.81. The van der Waals surface area contributed by atoms with Gasteiger partial charge in [0.15, 0.2) is 5.78 Å². The van der Waals surface area contributed by atoms with E-state index >= 15 is 0 Å². The van der Waals surface area contributed by atoms with Crippen molar-refractivity contribution < 1.29 is 28.3 Å². The summed E-state index contributed by atoms with van der Waals surface area (Å²) >= 11 is 0. The summed E-state index contributed by atoms with van der Waals surface area (Å²) in [6, 6.07) is 1.64. The van der Waals surface area contributed by atoms with Crippen LogP contribution in [-0.4, -0.2) is 31.9 Å². The van der Waals surface area contributed by atoms with Crippen LogP contribution in [0.1, 0.15) is 56.3 Å². The molecule has 0 spiro atoms. The standard InChI is InChI=1S/C22H28O6/c1-21-10-8-16(20(25)27-4)22(2,12-17(23)14-9-11-28-13-14)18(21)7-5-6-15(21)19(24)26-3/h6,9,11,13,16,18H,5,7-8,10,12H2,1-4H3. The summed E-state index contributed by atoms with van der Waals surface area (Å²) in [5.41, 5.74) is 0.0803. The molecule has 1 heterocycles. The van der Waals surface area contributed by atoms with Crippen molar-refractivity contribution in [3.05, 3.63) is 35.8 Å². The lowest BCUT2D eigenvalue weighted by molar-refractivity contribution is -0.160. The van der Waals surface area contributed by atoms with Gasteiger partial charge in [0.2, 0.25) is 0 Å². The first-order valence-electron chi connectivity index (χ1n) is 9.70. The monoisotopic (exact) mass is 388 g/mol. The third-order valence-electron chi connectivity index (χ3n) is 7.01. The van der Waals surface area contributed by atoms with E-state index in [2.05, 4.69) is 6.92 Å². The Morgan fingerprint density at radius 2 is 1.93 bits per heavy atom. The highest BCUT2D eigenvalue weighted by molar-refractivity contribution is 5.96. The van der Waals surface area contributed by atoms with Gasteiger partial charge in [0, 0.05) is 17.4 Å². The number of ether oxygens (including phenoxy) is 2. The Labute approximate surface area is 165 Å². The van der Waals surface area contributed by atoms with Crippen LogP contribution < -0.4 is 0 Å². The Balaban J connectivity index is 2.03. The molecular formula is C22H28O6. The third-order valence-corrected chi connectivity index (χ3v) is 7.01. The zero-order valence-corrected chi connectivity index (χ0v) is 16.9. The van der Waals surface area contributed by atoms with Gasteiger partial charge in [-0.25, -0.2) is 4.79 Å². The Kier molecular flexibility index (Phi) is 5.50. The number of hydrogen-bond acceptors (Lipinski definition) is 6. The van der Waals surface area contributed by atoms with Crippen LogP contribution in [0.2, 0.25) is 0 Å². The first-order valence-corrected chi connectivity index (χ1v) is 9.70. The second-order valence-electron chi connectivity index (χ2n) is 8.39. The summed E-state index contributed by atoms with van der Waals surface area (Å²) in [6.45, 7) is 4.06. The van der Waals surface area contributed by atoms with Gasteiger partial charge >= 0.3 is 11.9 Å². The molecule has 2 aliphatic rings. The van der Waals surface area contributed by atoms with E-state index in [1.807, 2.05) is 13.0 Å². The number of furan rings is 1. The van der Waals surface area contributed by atoms with Crippen molar-refractivity contribution in [3.8, 4) is 0 Å². The van der Waals surface area contributed by atoms with E-state index in [1.54, 1.807) is 6.07 Å². The molecule has 0 radical (unpaired) electrons. The first kappa shape index (κ1) is 20.4. The molecule has 2 aliphatic carbocycles. The van der Waals surface area contributed by atoms with Crippen molar-refractivity contribution in [3.63, 3.8) is 0 Å². The van der Waals surface area contributed by atoms with Crippen molar-refractivity contribution in [2.45, 2.75) is 46.0 Å². The van der Waals surface area contributed by atoms with Gasteiger partial charge in [-0.05, 0) is 43.1 Å². The fourth-order valence-corrected chi connectivity index (χ4v) is 5.59. The number of allylic oxidation sites excluding steroid dienone is 1. The fraction of sp³-hybridized carbons (Fsp3) is 0.591. The van der Waals surface area contributed by atoms with Gasteiger partial charge in [-0.2, -0.15) is 0 Å². The van der Waals surface area contributed by atoms with Crippen molar-refractivity contribution in [2.75, 3.05) is 14.2 Å². The predicted octanol–water partition coefficient (Wildman–Crippen LogP) is 3.96. The molecule has 0 N–H and O–H groups in total. The Bertz CT molecular complexity index is 792. The molecule has 3 rings (SSSR count). The second-order valence-corrected chi connectivity index (χ2v) is 8.39. The molecule has 0 amide bonds. The van der Waals surface area contributed by atoms with E-state index in [0.717, 1.165) is 6.42 Å². The molecule has 0 bridgehead atoms. The van der Waals surface area contributed by atoms with E-state index in [1.165, 1.54) is 26.7 Å². The zero-order chi connectivity index (χ0) is 20.5. The van der Waals surface area contributed by atoms with Gasteiger partial charge in [0.1, 0.15) is 6.26 Å². The quantitative estimate of drug-likeness (QED) is 0.561. The smallest absolute Gasteiger partial charge is 0.333 e. The average molecular weight is 388 g/mol. The van der Waals surface area contributed by atoms with E-state index in [9.17, 15) is 14.4 Å². The highest BCUT2D eigenvalue weighted by Gasteiger charge is 2.59. The number of rotatable bonds is 5. The van der Waals surface area contributed by atoms with Gasteiger partial charge in [-0.15, -0.1) is 0 Å². The number of methoxy groups -OCH3 is 2. The third kappa shape index (κ3) is 3.19. The van der Waals surface area contributed by atoms with Gasteiger partial charge in [0.25, 0.3) is 0 Å². The molecule has 1 saturated carbocycles. The molecule has 0 aromatic carbocycles. The molecule has 28 heavy (non-hydrogen) atoms. The molecule has 0 aliphatic heterocycles. The number of carbonyl (C=O) groups is 3. The zero-order valence-electron chi connectivity index (χ0n) is 16.9. The number of hydrogen-bond donors (Lipinski definition) is 0. The molecule has 152 valence electrons. The lowest BCUT2D eigenvalue weighted by atomic mass is 9.46. The maximum Gasteiger partial charge on any atom is 0.333 e. The normalized spacial score (nSPS) is 32.1. The SMILES string of the molecule is COC(=O)C1=CCCC2C1(C)CCC(C(=O)OC)C2(C)CC(=O)c1ccoc1. The molecular weight excluding hydrogens is 360 g/mol. The van der Waals surface area contributed by atoms with Gasteiger partial charge in [-0.1, -0.05) is 19.9 Å². The lowest BCUT2D eigenvalue weighted by Crippen LogP contribution is -2.54. The van der Waals surface area contributed by atoms with Gasteiger partial charge in [0.05, 0.1) is 32.0 Å². The maximum absolute atomic E-state index is 13.0. The molecule has 4 atom stereocenters. The number of esters is 2. The van der Waals surface area contributed by atoms with Crippen LogP contribution in [0, 0.1) is 22.7 Å². The van der Waals surface area contributed by atoms with Crippen LogP contribution in [0.25, 0.3) is 0 Å². The minimum absolute atomic E-state index is 0.0206. The fourth-order valence-electron chi connectivity index (χ4n) is 5.59. The number of ketones is 1. The van der Waals surface area contributed by atoms with Crippen LogP contribution in [-0.2, 0) is 19.1 Å². The minimum Gasteiger partial charge on any atom is -0.472 e. The summed E-state index contributed by atoms with van der Waals surface area (Å²) in [5, 5.41) is 0. The summed E-state index contributed by atoms with van der Waals surface area (Å²) < 4.78 is 15.2. The van der Waals surface area contributed by atoms with Crippen molar-refractivity contribution in [2.24, 2.45) is 22.7 Å². The minimum atomic E-state index is -0.637. The molecule has 6 heteroatoms. The number of Topliss-reactive ketones (excluding diaryl/α,β-unsaturated/α-hetero) is 1. The van der Waals surface area contributed by atoms with Crippen LogP contribution in [0.15, 0.2) is 34.7 Å². The van der Waals surface area contributed by atoms with Crippen molar-refractivity contribution in [1.82, 2.24) is 0 Å². The number of fused-ring (bicyclic) bond motifs is 1. The highest BCUT2D eigenvalue weighted by atomic mass is 16.5. The van der Waals surface area contributed by atoms with Crippen LogP contribution in [0.4, 0.5) is 0 Å². The van der Waals surface area contributed by atoms with E-state index in [0.29, 0.717) is 30.4 Å². The Morgan fingerprint density at radius 1 is 1.18 bits per heavy atom. The second kappa shape index (κ2) is 7.57. The van der Waals surface area contributed by atoms with Crippen LogP contribution in [0.5, 0.6) is 0 Å². The van der Waals surface area contributed by atoms with E-state index in [-0.39, 0.29) is 30.1 Å². The van der Waals surface area contributed by atoms with Gasteiger partial charge in [-0.3, -0.25) is 9.59 Å². The highest BCUT2D eigenvalue weighted by Crippen LogP contribution is 2.62. The molecule has 4 unspecified atom stereocenters. The van der Waals surface area contributed by atoms with Crippen LogP contribution in [0.3, 0.4) is 0 Å². The summed E-state index contributed by atoms with van der Waals surface area (Å²) in [7, 11) is 2.77. The molecule has 1 aromatic rings. The topological polar surface area (TPSA) is 82.8 Å². The maximum atomic E-state index is 13.0. The van der Waals surface area contributed by atoms with E-state index < -0.39 is 16.7 Å². The molecule has 6 nitrogen and oxygen atoms in total. The summed E-state index contributed by atoms with van der Waals surface area (Å²) in [5.74, 6) is -1.11. The van der Waals surface area contributed by atoms with Crippen LogP contribution >= 0.6 is 0 Å². The van der Waals surface area contributed by atoms with Gasteiger partial charge < -0.3 is 13.9 Å². The average Bonchev–Trinajstić information content (AvgIpc) is 3.21. The largest absolute Gasteiger partial charge is 0.472 e. The molecule has 1 fully saturated rings. The number of carbonyl (C=O) groups excluding carboxylic acids is 3. The van der Waals surface area contributed by atoms with E-state index in [4.69, 9.17) is 13.9 Å². The van der Waals surface area contributed by atoms with Crippen molar-refractivity contribution in [1.29, 1.82) is 0 Å². The molecule has 1 aromatic heterocycles.